The van der Waals surface area contributed by atoms with Gasteiger partial charge in [0.25, 0.3) is 0 Å². The number of ether oxygens (including phenoxy) is 2. The molecule has 0 fully saturated rings. The van der Waals surface area contributed by atoms with Gasteiger partial charge >= 0.3 is 11.9 Å². The van der Waals surface area contributed by atoms with Gasteiger partial charge in [-0.25, -0.2) is 9.59 Å². The Hall–Kier alpha value is -3.16. The average molecular weight is 306 g/mol. The molecule has 0 aromatic heterocycles. The first-order chi connectivity index (χ1) is 10.4. The lowest BCUT2D eigenvalue weighted by atomic mass is 10.1. The lowest BCUT2D eigenvalue weighted by molar-refractivity contribution is -0.297. The lowest BCUT2D eigenvalue weighted by Crippen LogP contribution is -2.20. The highest BCUT2D eigenvalue weighted by atomic mass is 16.5. The molecular formula is C14H12NO7-. The number of rotatable bonds is 5. The average Bonchev–Trinajstić information content (AvgIpc) is 2.50. The summed E-state index contributed by atoms with van der Waals surface area (Å²) in [5.74, 6) is -3.74. The number of carboxylic acids is 1. The van der Waals surface area contributed by atoms with Crippen LogP contribution in [0.5, 0.6) is 0 Å². The van der Waals surface area contributed by atoms with Crippen LogP contribution in [0.1, 0.15) is 20.7 Å². The van der Waals surface area contributed by atoms with E-state index in [4.69, 9.17) is 0 Å². The molecule has 0 aliphatic heterocycles. The molecule has 1 rings (SSSR count). The number of carboxylic acid groups (broad SMARTS) is 1. The van der Waals surface area contributed by atoms with Crippen molar-refractivity contribution in [2.24, 2.45) is 0 Å². The number of anilines is 1. The van der Waals surface area contributed by atoms with Gasteiger partial charge in [0.05, 0.1) is 31.3 Å². The van der Waals surface area contributed by atoms with Gasteiger partial charge in [0.15, 0.2) is 0 Å². The SMILES string of the molecule is COC(=O)c1cc(NC(=O)/C=C\C(=O)[O-])cc(C(=O)OC)c1. The van der Waals surface area contributed by atoms with Crippen LogP contribution in [0.15, 0.2) is 30.4 Å². The minimum absolute atomic E-state index is 0.0181. The molecule has 0 aliphatic rings. The van der Waals surface area contributed by atoms with Crippen molar-refractivity contribution in [1.82, 2.24) is 0 Å². The number of hydrogen-bond donors (Lipinski definition) is 1. The van der Waals surface area contributed by atoms with Gasteiger partial charge < -0.3 is 24.7 Å². The zero-order valence-corrected chi connectivity index (χ0v) is 11.7. The summed E-state index contributed by atoms with van der Waals surface area (Å²) in [5, 5.41) is 12.5. The van der Waals surface area contributed by atoms with Gasteiger partial charge in [0.1, 0.15) is 0 Å². The molecular weight excluding hydrogens is 294 g/mol. The third-order valence-corrected chi connectivity index (χ3v) is 2.41. The number of carbonyl (C=O) groups excluding carboxylic acids is 4. The summed E-state index contributed by atoms with van der Waals surface area (Å²) >= 11 is 0. The van der Waals surface area contributed by atoms with Crippen LogP contribution in [-0.4, -0.2) is 38.0 Å². The van der Waals surface area contributed by atoms with Crippen molar-refractivity contribution < 1.29 is 33.8 Å². The summed E-state index contributed by atoms with van der Waals surface area (Å²) in [6.07, 6.45) is 1.28. The first-order valence-electron chi connectivity index (χ1n) is 5.89. The largest absolute Gasteiger partial charge is 0.545 e. The fourth-order valence-corrected chi connectivity index (χ4v) is 1.50. The predicted octanol–water partition coefficient (Wildman–Crippen LogP) is -0.496. The van der Waals surface area contributed by atoms with Gasteiger partial charge in [0.2, 0.25) is 5.91 Å². The van der Waals surface area contributed by atoms with E-state index >= 15 is 0 Å². The molecule has 1 amide bonds. The second-order valence-electron chi connectivity index (χ2n) is 3.92. The standard InChI is InChI=1S/C14H13NO7/c1-21-13(19)8-5-9(14(20)22-2)7-10(6-8)15-11(16)3-4-12(17)18/h3-7H,1-2H3,(H,15,16)(H,17,18)/p-1/b4-3-. The topological polar surface area (TPSA) is 122 Å². The van der Waals surface area contributed by atoms with Crippen molar-refractivity contribution in [3.05, 3.63) is 41.5 Å². The zero-order chi connectivity index (χ0) is 16.7. The number of esters is 2. The first-order valence-corrected chi connectivity index (χ1v) is 5.89. The van der Waals surface area contributed by atoms with E-state index in [0.29, 0.717) is 6.08 Å². The van der Waals surface area contributed by atoms with Crippen LogP contribution in [0.4, 0.5) is 5.69 Å². The minimum Gasteiger partial charge on any atom is -0.545 e. The third-order valence-electron chi connectivity index (χ3n) is 2.41. The van der Waals surface area contributed by atoms with Crippen LogP contribution in [0.2, 0.25) is 0 Å². The maximum Gasteiger partial charge on any atom is 0.337 e. The number of methoxy groups -OCH3 is 2. The van der Waals surface area contributed by atoms with Crippen molar-refractivity contribution in [3.8, 4) is 0 Å². The van der Waals surface area contributed by atoms with E-state index in [9.17, 15) is 24.3 Å². The minimum atomic E-state index is -1.53. The molecule has 22 heavy (non-hydrogen) atoms. The molecule has 0 saturated heterocycles. The quantitative estimate of drug-likeness (QED) is 0.575. The van der Waals surface area contributed by atoms with E-state index in [0.717, 1.165) is 20.3 Å². The fraction of sp³-hybridized carbons (Fsp3) is 0.143. The lowest BCUT2D eigenvalue weighted by Gasteiger charge is -2.08. The van der Waals surface area contributed by atoms with Gasteiger partial charge in [-0.3, -0.25) is 4.79 Å². The Labute approximate surface area is 125 Å². The molecule has 0 aliphatic carbocycles. The van der Waals surface area contributed by atoms with Gasteiger partial charge in [-0.2, -0.15) is 0 Å². The molecule has 0 heterocycles. The van der Waals surface area contributed by atoms with Gasteiger partial charge in [0, 0.05) is 11.8 Å². The Morgan fingerprint density at radius 1 is 0.955 bits per heavy atom. The Balaban J connectivity index is 3.12. The van der Waals surface area contributed by atoms with Gasteiger partial charge in [-0.15, -0.1) is 0 Å². The Bertz CT molecular complexity index is 614. The molecule has 0 radical (unpaired) electrons. The molecule has 0 bridgehead atoms. The van der Waals surface area contributed by atoms with Crippen LogP contribution in [0, 0.1) is 0 Å². The fourth-order valence-electron chi connectivity index (χ4n) is 1.50. The number of carbonyl (C=O) groups is 4. The summed E-state index contributed by atoms with van der Waals surface area (Å²) in [4.78, 5) is 44.8. The zero-order valence-electron chi connectivity index (χ0n) is 11.7. The summed E-state index contributed by atoms with van der Waals surface area (Å²) in [6.45, 7) is 0. The van der Waals surface area contributed by atoms with E-state index in [1.807, 2.05) is 0 Å². The summed E-state index contributed by atoms with van der Waals surface area (Å²) in [6, 6.07) is 3.77. The van der Waals surface area contributed by atoms with Gasteiger partial charge in [-0.05, 0) is 24.3 Å². The molecule has 0 spiro atoms. The highest BCUT2D eigenvalue weighted by Gasteiger charge is 2.14. The molecule has 1 aromatic carbocycles. The van der Waals surface area contributed by atoms with Crippen molar-refractivity contribution in [2.75, 3.05) is 19.5 Å². The number of hydrogen-bond acceptors (Lipinski definition) is 7. The smallest absolute Gasteiger partial charge is 0.337 e. The van der Waals surface area contributed by atoms with Crippen molar-refractivity contribution in [1.29, 1.82) is 0 Å². The maximum absolute atomic E-state index is 11.5. The second-order valence-corrected chi connectivity index (χ2v) is 3.92. The Morgan fingerprint density at radius 2 is 1.45 bits per heavy atom. The molecule has 8 nitrogen and oxygen atoms in total. The van der Waals surface area contributed by atoms with Crippen LogP contribution in [0.3, 0.4) is 0 Å². The van der Waals surface area contributed by atoms with Crippen molar-refractivity contribution in [3.63, 3.8) is 0 Å². The summed E-state index contributed by atoms with van der Waals surface area (Å²) in [5.41, 5.74) is 0.130. The van der Waals surface area contributed by atoms with E-state index < -0.39 is 23.8 Å². The first kappa shape index (κ1) is 16.9. The molecule has 1 aromatic rings. The Kier molecular flexibility index (Phi) is 5.82. The van der Waals surface area contributed by atoms with Crippen LogP contribution < -0.4 is 10.4 Å². The van der Waals surface area contributed by atoms with E-state index in [-0.39, 0.29) is 16.8 Å². The van der Waals surface area contributed by atoms with E-state index in [1.165, 1.54) is 18.2 Å². The predicted molar refractivity (Wildman–Crippen MR) is 71.9 cm³/mol. The molecule has 0 atom stereocenters. The normalized spacial score (nSPS) is 10.1. The van der Waals surface area contributed by atoms with Crippen molar-refractivity contribution in [2.45, 2.75) is 0 Å². The monoisotopic (exact) mass is 306 g/mol. The van der Waals surface area contributed by atoms with Crippen LogP contribution in [0.25, 0.3) is 0 Å². The molecule has 116 valence electrons. The molecule has 1 N–H and O–H groups in total. The van der Waals surface area contributed by atoms with Crippen LogP contribution >= 0.6 is 0 Å². The molecule has 0 saturated carbocycles. The maximum atomic E-state index is 11.5. The third kappa shape index (κ3) is 4.75. The Morgan fingerprint density at radius 3 is 1.86 bits per heavy atom. The summed E-state index contributed by atoms with van der Waals surface area (Å²) in [7, 11) is 2.32. The molecule has 0 unspecified atom stereocenters. The summed E-state index contributed by atoms with van der Waals surface area (Å²) < 4.78 is 9.08. The number of nitrogens with one attached hydrogen (secondary N) is 1. The highest BCUT2D eigenvalue weighted by molar-refractivity contribution is 6.04. The van der Waals surface area contributed by atoms with Crippen molar-refractivity contribution >= 4 is 29.5 Å². The van der Waals surface area contributed by atoms with Crippen LogP contribution in [-0.2, 0) is 19.1 Å². The number of amides is 1. The second kappa shape index (κ2) is 7.58. The van der Waals surface area contributed by atoms with Gasteiger partial charge in [-0.1, -0.05) is 0 Å². The highest BCUT2D eigenvalue weighted by Crippen LogP contribution is 2.17. The molecule has 8 heteroatoms. The number of aliphatic carboxylic acids is 1. The van der Waals surface area contributed by atoms with E-state index in [2.05, 4.69) is 14.8 Å². The van der Waals surface area contributed by atoms with E-state index in [1.54, 1.807) is 0 Å². The number of benzene rings is 1.